The van der Waals surface area contributed by atoms with E-state index in [1.807, 2.05) is 18.2 Å². The third kappa shape index (κ3) is 3.71. The number of ether oxygens (including phenoxy) is 1. The zero-order valence-electron chi connectivity index (χ0n) is 14.8. The number of likely N-dealkylation sites (tertiary alicyclic amines) is 1. The molecule has 1 spiro atoms. The predicted molar refractivity (Wildman–Crippen MR) is 95.9 cm³/mol. The van der Waals surface area contributed by atoms with Gasteiger partial charge in [-0.2, -0.15) is 9.40 Å². The van der Waals surface area contributed by atoms with Crippen LogP contribution in [0.5, 0.6) is 0 Å². The number of hydrogen-bond donors (Lipinski definition) is 1. The van der Waals surface area contributed by atoms with E-state index >= 15 is 0 Å². The minimum atomic E-state index is -3.17. The van der Waals surface area contributed by atoms with E-state index < -0.39 is 10.0 Å². The van der Waals surface area contributed by atoms with E-state index in [1.165, 1.54) is 6.26 Å². The number of piperidine rings is 1. The fourth-order valence-corrected chi connectivity index (χ4v) is 4.61. The van der Waals surface area contributed by atoms with Gasteiger partial charge in [0.25, 0.3) is 0 Å². The van der Waals surface area contributed by atoms with Gasteiger partial charge < -0.3 is 9.15 Å². The van der Waals surface area contributed by atoms with Crippen LogP contribution in [0.2, 0.25) is 0 Å². The number of nitrogens with zero attached hydrogens (tertiary/aromatic N) is 3. The van der Waals surface area contributed by atoms with Crippen LogP contribution in [-0.2, 0) is 21.3 Å². The second-order valence-corrected chi connectivity index (χ2v) is 9.12. The minimum Gasteiger partial charge on any atom is -0.458 e. The highest BCUT2D eigenvalue weighted by Crippen LogP contribution is 2.32. The Kier molecular flexibility index (Phi) is 4.64. The Hall–Kier alpha value is -1.68. The summed E-state index contributed by atoms with van der Waals surface area (Å²) in [7, 11) is -3.17. The van der Waals surface area contributed by atoms with Gasteiger partial charge in [0, 0.05) is 32.4 Å². The normalized spacial score (nSPS) is 22.0. The summed E-state index contributed by atoms with van der Waals surface area (Å²) in [6.07, 6.45) is 4.63. The van der Waals surface area contributed by atoms with E-state index in [1.54, 1.807) is 10.5 Å². The maximum Gasteiger partial charge on any atom is 0.211 e. The Balaban J connectivity index is 1.35. The lowest BCUT2D eigenvalue weighted by atomic mass is 9.90. The molecule has 2 aromatic rings. The zero-order valence-corrected chi connectivity index (χ0v) is 15.7. The quantitative estimate of drug-likeness (QED) is 0.860. The van der Waals surface area contributed by atoms with E-state index in [0.717, 1.165) is 49.7 Å². The molecule has 2 fully saturated rings. The van der Waals surface area contributed by atoms with Gasteiger partial charge in [-0.1, -0.05) is 0 Å². The molecule has 0 bridgehead atoms. The molecule has 2 saturated heterocycles. The van der Waals surface area contributed by atoms with E-state index in [2.05, 4.69) is 15.1 Å². The Morgan fingerprint density at radius 3 is 2.73 bits per heavy atom. The van der Waals surface area contributed by atoms with Crippen LogP contribution in [0.1, 0.15) is 18.6 Å². The molecule has 2 aliphatic heterocycles. The van der Waals surface area contributed by atoms with Gasteiger partial charge in [0.1, 0.15) is 11.5 Å². The monoisotopic (exact) mass is 380 g/mol. The molecule has 0 atom stereocenters. The van der Waals surface area contributed by atoms with Gasteiger partial charge in [0.15, 0.2) is 5.76 Å². The van der Waals surface area contributed by atoms with Crippen molar-refractivity contribution in [3.8, 4) is 11.5 Å². The summed E-state index contributed by atoms with van der Waals surface area (Å²) in [6, 6.07) is 5.81. The summed E-state index contributed by atoms with van der Waals surface area (Å²) in [5.74, 6) is 1.69. The molecule has 1 N–H and O–H groups in total. The number of aromatic amines is 1. The molecule has 2 aromatic heterocycles. The van der Waals surface area contributed by atoms with E-state index in [4.69, 9.17) is 9.15 Å². The maximum absolute atomic E-state index is 11.9. The Bertz CT molecular complexity index is 838. The van der Waals surface area contributed by atoms with Gasteiger partial charge in [-0.3, -0.25) is 10.00 Å². The summed E-state index contributed by atoms with van der Waals surface area (Å²) >= 11 is 0. The van der Waals surface area contributed by atoms with E-state index in [-0.39, 0.29) is 5.60 Å². The summed E-state index contributed by atoms with van der Waals surface area (Å²) in [5, 5.41) is 6.84. The van der Waals surface area contributed by atoms with Gasteiger partial charge in [0.05, 0.1) is 25.0 Å². The van der Waals surface area contributed by atoms with Gasteiger partial charge in [0.2, 0.25) is 10.0 Å². The minimum absolute atomic E-state index is 0.345. The van der Waals surface area contributed by atoms with Crippen molar-refractivity contribution in [3.63, 3.8) is 0 Å². The smallest absolute Gasteiger partial charge is 0.211 e. The maximum atomic E-state index is 11.9. The highest BCUT2D eigenvalue weighted by atomic mass is 32.2. The van der Waals surface area contributed by atoms with Crippen LogP contribution in [0.15, 0.2) is 28.8 Å². The molecular weight excluding hydrogens is 356 g/mol. The molecule has 8 nitrogen and oxygen atoms in total. The molecule has 0 radical (unpaired) electrons. The average Bonchev–Trinajstić information content (AvgIpc) is 3.28. The summed E-state index contributed by atoms with van der Waals surface area (Å²) < 4.78 is 37.2. The van der Waals surface area contributed by atoms with Crippen molar-refractivity contribution in [2.24, 2.45) is 0 Å². The Morgan fingerprint density at radius 1 is 1.23 bits per heavy atom. The Morgan fingerprint density at radius 2 is 2.04 bits per heavy atom. The number of furan rings is 1. The fourth-order valence-electron chi connectivity index (χ4n) is 3.74. The van der Waals surface area contributed by atoms with Crippen LogP contribution in [0.4, 0.5) is 0 Å². The molecule has 0 unspecified atom stereocenters. The molecule has 0 saturated carbocycles. The highest BCUT2D eigenvalue weighted by Gasteiger charge is 2.41. The van der Waals surface area contributed by atoms with Crippen LogP contribution in [0, 0.1) is 0 Å². The molecule has 9 heteroatoms. The zero-order chi connectivity index (χ0) is 18.2. The first-order valence-electron chi connectivity index (χ1n) is 8.84. The second-order valence-electron chi connectivity index (χ2n) is 7.14. The molecule has 4 heterocycles. The van der Waals surface area contributed by atoms with Crippen LogP contribution in [0.3, 0.4) is 0 Å². The third-order valence-corrected chi connectivity index (χ3v) is 6.51. The first kappa shape index (κ1) is 17.7. The molecule has 0 aliphatic carbocycles. The number of aromatic nitrogens is 2. The first-order valence-corrected chi connectivity index (χ1v) is 10.7. The van der Waals surface area contributed by atoms with Crippen molar-refractivity contribution in [2.45, 2.75) is 25.0 Å². The van der Waals surface area contributed by atoms with Crippen molar-refractivity contribution >= 4 is 10.0 Å². The van der Waals surface area contributed by atoms with Gasteiger partial charge >= 0.3 is 0 Å². The highest BCUT2D eigenvalue weighted by molar-refractivity contribution is 7.88. The van der Waals surface area contributed by atoms with E-state index in [9.17, 15) is 8.42 Å². The van der Waals surface area contributed by atoms with Gasteiger partial charge in [-0.15, -0.1) is 0 Å². The molecule has 4 rings (SSSR count). The van der Waals surface area contributed by atoms with Crippen LogP contribution in [-0.4, -0.2) is 72.5 Å². The SMILES string of the molecule is CS(=O)(=O)N1CCOC2(CCN(Cc3ccc(-c4ccn[nH]4)o3)CC2)C1. The number of hydrogen-bond acceptors (Lipinski definition) is 6. The van der Waals surface area contributed by atoms with Crippen molar-refractivity contribution in [2.75, 3.05) is 39.0 Å². The van der Waals surface area contributed by atoms with Crippen LogP contribution < -0.4 is 0 Å². The number of H-pyrrole nitrogens is 1. The van der Waals surface area contributed by atoms with Crippen LogP contribution >= 0.6 is 0 Å². The average molecular weight is 380 g/mol. The summed E-state index contributed by atoms with van der Waals surface area (Å²) in [4.78, 5) is 2.32. The molecule has 142 valence electrons. The van der Waals surface area contributed by atoms with Crippen molar-refractivity contribution in [1.29, 1.82) is 0 Å². The van der Waals surface area contributed by atoms with Crippen molar-refractivity contribution in [1.82, 2.24) is 19.4 Å². The van der Waals surface area contributed by atoms with Gasteiger partial charge in [-0.25, -0.2) is 8.42 Å². The molecule has 0 aromatic carbocycles. The standard InChI is InChI=1S/C17H24N4O4S/c1-26(22,23)21-10-11-24-17(13-21)5-8-20(9-6-17)12-14-2-3-16(25-14)15-4-7-18-19-15/h2-4,7H,5-6,8-13H2,1H3,(H,18,19). The number of morpholine rings is 1. The number of rotatable bonds is 4. The van der Waals surface area contributed by atoms with Crippen molar-refractivity contribution in [3.05, 3.63) is 30.2 Å². The van der Waals surface area contributed by atoms with E-state index in [0.29, 0.717) is 19.7 Å². The largest absolute Gasteiger partial charge is 0.458 e. The summed E-state index contributed by atoms with van der Waals surface area (Å²) in [6.45, 7) is 3.84. The fraction of sp³-hybridized carbons (Fsp3) is 0.588. The number of nitrogens with one attached hydrogen (secondary N) is 1. The third-order valence-electron chi connectivity index (χ3n) is 5.26. The lowest BCUT2D eigenvalue weighted by Gasteiger charge is -2.46. The molecule has 26 heavy (non-hydrogen) atoms. The lowest BCUT2D eigenvalue weighted by Crippen LogP contribution is -2.57. The molecular formula is C17H24N4O4S. The van der Waals surface area contributed by atoms with Gasteiger partial charge in [-0.05, 0) is 31.0 Å². The second kappa shape index (κ2) is 6.80. The van der Waals surface area contributed by atoms with Crippen molar-refractivity contribution < 1.29 is 17.6 Å². The molecule has 2 aliphatic rings. The Labute approximate surface area is 153 Å². The molecule has 0 amide bonds. The topological polar surface area (TPSA) is 91.7 Å². The first-order chi connectivity index (χ1) is 12.4. The predicted octanol–water partition coefficient (Wildman–Crippen LogP) is 1.30. The summed E-state index contributed by atoms with van der Waals surface area (Å²) in [5.41, 5.74) is 0.521. The number of sulfonamides is 1. The van der Waals surface area contributed by atoms with Crippen LogP contribution in [0.25, 0.3) is 11.5 Å². The lowest BCUT2D eigenvalue weighted by molar-refractivity contribution is -0.120.